The topological polar surface area (TPSA) is 38.5 Å². The van der Waals surface area contributed by atoms with Gasteiger partial charge in [-0.3, -0.25) is 0 Å². The van der Waals surface area contributed by atoms with E-state index in [1.807, 2.05) is 26.0 Å². The number of hydrogen-bond acceptors (Lipinski definition) is 3. The van der Waals surface area contributed by atoms with E-state index < -0.39 is 0 Å². The second kappa shape index (κ2) is 8.28. The Morgan fingerprint density at radius 3 is 2.10 bits per heavy atom. The summed E-state index contributed by atoms with van der Waals surface area (Å²) in [4.78, 5) is 2.41. The minimum absolute atomic E-state index is 0.0572. The van der Waals surface area contributed by atoms with Crippen LogP contribution in [0.2, 0.25) is 0 Å². The van der Waals surface area contributed by atoms with E-state index in [2.05, 4.69) is 37.8 Å². The Balaban J connectivity index is 2.60. The number of likely N-dealkylation sites (N-methyl/N-ethyl adjacent to an activating group) is 1. The van der Waals surface area contributed by atoms with Crippen LogP contribution in [0.1, 0.15) is 46.2 Å². The van der Waals surface area contributed by atoms with E-state index in [1.165, 1.54) is 5.56 Å². The van der Waals surface area contributed by atoms with Crippen LogP contribution in [0.5, 0.6) is 5.75 Å². The van der Waals surface area contributed by atoms with Gasteiger partial charge in [0.2, 0.25) is 0 Å². The maximum Gasteiger partial charge on any atom is 0.119 e. The molecule has 0 amide bonds. The maximum atomic E-state index is 6.32. The highest BCUT2D eigenvalue weighted by Gasteiger charge is 2.12. The lowest BCUT2D eigenvalue weighted by atomic mass is 10.1. The van der Waals surface area contributed by atoms with Gasteiger partial charge in [-0.2, -0.15) is 0 Å². The van der Waals surface area contributed by atoms with E-state index in [4.69, 9.17) is 10.5 Å². The first-order chi connectivity index (χ1) is 9.42. The summed E-state index contributed by atoms with van der Waals surface area (Å²) in [6.07, 6.45) is 0.205. The molecule has 3 heteroatoms. The molecule has 0 aliphatic rings. The molecular weight excluding hydrogens is 248 g/mol. The molecule has 0 radical (unpaired) electrons. The molecule has 1 aromatic rings. The summed E-state index contributed by atoms with van der Waals surface area (Å²) in [6.45, 7) is 13.8. The van der Waals surface area contributed by atoms with Gasteiger partial charge >= 0.3 is 0 Å². The lowest BCUT2D eigenvalue weighted by Gasteiger charge is -2.26. The Morgan fingerprint density at radius 1 is 1.05 bits per heavy atom. The normalized spacial score (nSPS) is 13.2. The van der Waals surface area contributed by atoms with Crippen molar-refractivity contribution in [2.45, 2.75) is 46.8 Å². The van der Waals surface area contributed by atoms with E-state index in [-0.39, 0.29) is 12.1 Å². The van der Waals surface area contributed by atoms with Gasteiger partial charge in [0.05, 0.1) is 6.10 Å². The molecule has 0 bridgehead atoms. The zero-order valence-corrected chi connectivity index (χ0v) is 13.6. The molecule has 0 heterocycles. The van der Waals surface area contributed by atoms with Crippen LogP contribution in [0.3, 0.4) is 0 Å². The number of rotatable bonds is 8. The molecule has 0 spiro atoms. The summed E-state index contributed by atoms with van der Waals surface area (Å²) < 4.78 is 5.65. The second-order valence-electron chi connectivity index (χ2n) is 6.09. The van der Waals surface area contributed by atoms with E-state index >= 15 is 0 Å². The van der Waals surface area contributed by atoms with Gasteiger partial charge in [0.15, 0.2) is 0 Å². The molecule has 1 atom stereocenters. The Morgan fingerprint density at radius 2 is 1.65 bits per heavy atom. The highest BCUT2D eigenvalue weighted by atomic mass is 16.5. The molecule has 0 aliphatic heterocycles. The first-order valence-electron chi connectivity index (χ1n) is 7.66. The van der Waals surface area contributed by atoms with Crippen molar-refractivity contribution in [3.63, 3.8) is 0 Å². The third-order valence-electron chi connectivity index (χ3n) is 3.21. The largest absolute Gasteiger partial charge is 0.491 e. The van der Waals surface area contributed by atoms with Crippen LogP contribution in [0.25, 0.3) is 0 Å². The molecule has 0 saturated carbocycles. The summed E-state index contributed by atoms with van der Waals surface area (Å²) in [6, 6.07) is 8.22. The molecule has 2 N–H and O–H groups in total. The summed E-state index contributed by atoms with van der Waals surface area (Å²) in [5.74, 6) is 1.58. The van der Waals surface area contributed by atoms with Crippen molar-refractivity contribution >= 4 is 0 Å². The highest BCUT2D eigenvalue weighted by Crippen LogP contribution is 2.18. The first-order valence-corrected chi connectivity index (χ1v) is 7.66. The standard InChI is InChI=1S/C17H30N2O/c1-6-19(11-13(2)3)12-17(18)15-7-9-16(10-8-15)20-14(4)5/h7-10,13-14,17H,6,11-12,18H2,1-5H3. The maximum absolute atomic E-state index is 6.32. The molecule has 0 aromatic heterocycles. The fraction of sp³-hybridized carbons (Fsp3) is 0.647. The minimum Gasteiger partial charge on any atom is -0.491 e. The Labute approximate surface area is 124 Å². The Bertz CT molecular complexity index is 373. The van der Waals surface area contributed by atoms with Crippen LogP contribution in [-0.4, -0.2) is 30.6 Å². The average molecular weight is 278 g/mol. The van der Waals surface area contributed by atoms with Gasteiger partial charge in [-0.25, -0.2) is 0 Å². The van der Waals surface area contributed by atoms with E-state index in [0.29, 0.717) is 5.92 Å². The number of hydrogen-bond donors (Lipinski definition) is 1. The highest BCUT2D eigenvalue weighted by molar-refractivity contribution is 5.29. The van der Waals surface area contributed by atoms with Gasteiger partial charge in [-0.1, -0.05) is 32.9 Å². The van der Waals surface area contributed by atoms with Crippen LogP contribution < -0.4 is 10.5 Å². The predicted molar refractivity (Wildman–Crippen MR) is 86.1 cm³/mol. The molecule has 3 nitrogen and oxygen atoms in total. The monoisotopic (exact) mass is 278 g/mol. The molecule has 1 rings (SSSR count). The molecule has 0 saturated heterocycles. The second-order valence-corrected chi connectivity index (χ2v) is 6.09. The lowest BCUT2D eigenvalue weighted by Crippen LogP contribution is -2.34. The molecule has 1 unspecified atom stereocenters. The van der Waals surface area contributed by atoms with Crippen LogP contribution in [0.15, 0.2) is 24.3 Å². The minimum atomic E-state index is 0.0572. The van der Waals surface area contributed by atoms with Crippen molar-refractivity contribution in [2.24, 2.45) is 11.7 Å². The van der Waals surface area contributed by atoms with Gasteiger partial charge in [0.1, 0.15) is 5.75 Å². The van der Waals surface area contributed by atoms with Crippen molar-refractivity contribution in [2.75, 3.05) is 19.6 Å². The predicted octanol–water partition coefficient (Wildman–Crippen LogP) is 3.45. The van der Waals surface area contributed by atoms with Gasteiger partial charge in [-0.05, 0) is 44.0 Å². The Kier molecular flexibility index (Phi) is 7.03. The number of benzene rings is 1. The van der Waals surface area contributed by atoms with Gasteiger partial charge in [-0.15, -0.1) is 0 Å². The molecule has 20 heavy (non-hydrogen) atoms. The molecule has 114 valence electrons. The number of nitrogens with two attached hydrogens (primary N) is 1. The van der Waals surface area contributed by atoms with Crippen molar-refractivity contribution in [1.82, 2.24) is 4.90 Å². The zero-order valence-electron chi connectivity index (χ0n) is 13.6. The average Bonchev–Trinajstić information content (AvgIpc) is 2.37. The van der Waals surface area contributed by atoms with Crippen LogP contribution in [0.4, 0.5) is 0 Å². The van der Waals surface area contributed by atoms with Gasteiger partial charge in [0.25, 0.3) is 0 Å². The summed E-state index contributed by atoms with van der Waals surface area (Å²) in [5.41, 5.74) is 7.49. The summed E-state index contributed by atoms with van der Waals surface area (Å²) in [5, 5.41) is 0. The lowest BCUT2D eigenvalue weighted by molar-refractivity contribution is 0.240. The van der Waals surface area contributed by atoms with Crippen LogP contribution in [-0.2, 0) is 0 Å². The summed E-state index contributed by atoms with van der Waals surface area (Å²) >= 11 is 0. The van der Waals surface area contributed by atoms with Crippen molar-refractivity contribution in [3.8, 4) is 5.75 Å². The fourth-order valence-corrected chi connectivity index (χ4v) is 2.30. The smallest absolute Gasteiger partial charge is 0.119 e. The van der Waals surface area contributed by atoms with Crippen LogP contribution in [0, 0.1) is 5.92 Å². The van der Waals surface area contributed by atoms with Crippen LogP contribution >= 0.6 is 0 Å². The van der Waals surface area contributed by atoms with E-state index in [9.17, 15) is 0 Å². The van der Waals surface area contributed by atoms with E-state index in [1.54, 1.807) is 0 Å². The molecule has 0 aliphatic carbocycles. The zero-order chi connectivity index (χ0) is 15.1. The van der Waals surface area contributed by atoms with Crippen molar-refractivity contribution < 1.29 is 4.74 Å². The molecular formula is C17H30N2O. The molecule has 0 fully saturated rings. The van der Waals surface area contributed by atoms with E-state index in [0.717, 1.165) is 25.4 Å². The van der Waals surface area contributed by atoms with Gasteiger partial charge < -0.3 is 15.4 Å². The first kappa shape index (κ1) is 17.0. The number of ether oxygens (including phenoxy) is 1. The quantitative estimate of drug-likeness (QED) is 0.791. The fourth-order valence-electron chi connectivity index (χ4n) is 2.30. The summed E-state index contributed by atoms with van der Waals surface area (Å²) in [7, 11) is 0. The van der Waals surface area contributed by atoms with Crippen molar-refractivity contribution in [3.05, 3.63) is 29.8 Å². The van der Waals surface area contributed by atoms with Gasteiger partial charge in [0, 0.05) is 19.1 Å². The SMILES string of the molecule is CCN(CC(C)C)CC(N)c1ccc(OC(C)C)cc1. The van der Waals surface area contributed by atoms with Crippen molar-refractivity contribution in [1.29, 1.82) is 0 Å². The Hall–Kier alpha value is -1.06. The third kappa shape index (κ3) is 5.93. The third-order valence-corrected chi connectivity index (χ3v) is 3.21. The number of nitrogens with zero attached hydrogens (tertiary/aromatic N) is 1. The molecule has 1 aromatic carbocycles.